The fourth-order valence-corrected chi connectivity index (χ4v) is 5.21. The van der Waals surface area contributed by atoms with Crippen molar-refractivity contribution in [2.75, 3.05) is 5.75 Å². The highest BCUT2D eigenvalue weighted by Crippen LogP contribution is 2.38. The number of hydrogen-bond donors (Lipinski definition) is 0. The van der Waals surface area contributed by atoms with Gasteiger partial charge in [-0.05, 0) is 38.2 Å². The van der Waals surface area contributed by atoms with Crippen LogP contribution >= 0.6 is 23.1 Å². The standard InChI is InChI=1S/C21H22N2O2S2/c1-14-7-9-15(10-8-14)17-11-26-20-19(17)21(23-13-22-20)27-12-18(24)25-16-5-3-2-4-6-16/h7-11,13,16H,2-6,12H2,1H3. The molecule has 1 saturated carbocycles. The van der Waals surface area contributed by atoms with E-state index in [2.05, 4.69) is 46.5 Å². The molecule has 1 aliphatic carbocycles. The number of nitrogens with zero attached hydrogens (tertiary/aromatic N) is 2. The number of thioether (sulfide) groups is 1. The largest absolute Gasteiger partial charge is 0.462 e. The van der Waals surface area contributed by atoms with Gasteiger partial charge in [0.05, 0.1) is 11.1 Å². The molecule has 0 amide bonds. The van der Waals surface area contributed by atoms with Crippen molar-refractivity contribution in [3.8, 4) is 11.1 Å². The lowest BCUT2D eigenvalue weighted by molar-refractivity contribution is -0.147. The molecule has 1 aromatic carbocycles. The maximum absolute atomic E-state index is 12.3. The molecule has 4 rings (SSSR count). The topological polar surface area (TPSA) is 52.1 Å². The van der Waals surface area contributed by atoms with E-state index in [1.165, 1.54) is 23.7 Å². The molecule has 3 aromatic rings. The van der Waals surface area contributed by atoms with Gasteiger partial charge in [0.25, 0.3) is 0 Å². The molecule has 0 atom stereocenters. The molecule has 4 nitrogen and oxygen atoms in total. The van der Waals surface area contributed by atoms with Gasteiger partial charge in [-0.25, -0.2) is 9.97 Å². The summed E-state index contributed by atoms with van der Waals surface area (Å²) in [5.41, 5.74) is 3.50. The van der Waals surface area contributed by atoms with Crippen molar-refractivity contribution in [3.05, 3.63) is 41.5 Å². The van der Waals surface area contributed by atoms with Crippen LogP contribution in [0.1, 0.15) is 37.7 Å². The molecule has 27 heavy (non-hydrogen) atoms. The third-order valence-corrected chi connectivity index (χ3v) is 6.72. The van der Waals surface area contributed by atoms with E-state index in [9.17, 15) is 4.79 Å². The monoisotopic (exact) mass is 398 g/mol. The molecule has 2 heterocycles. The fourth-order valence-electron chi connectivity index (χ4n) is 3.43. The third-order valence-electron chi connectivity index (χ3n) is 4.88. The number of esters is 1. The summed E-state index contributed by atoms with van der Waals surface area (Å²) in [5.74, 6) is 0.136. The minimum absolute atomic E-state index is 0.0986. The summed E-state index contributed by atoms with van der Waals surface area (Å²) >= 11 is 3.05. The van der Waals surface area contributed by atoms with Crippen molar-refractivity contribution in [1.82, 2.24) is 9.97 Å². The zero-order valence-corrected chi connectivity index (χ0v) is 16.9. The van der Waals surface area contributed by atoms with Gasteiger partial charge in [0, 0.05) is 10.9 Å². The quantitative estimate of drug-likeness (QED) is 0.316. The Morgan fingerprint density at radius 3 is 2.74 bits per heavy atom. The van der Waals surface area contributed by atoms with Gasteiger partial charge >= 0.3 is 5.97 Å². The fraction of sp³-hybridized carbons (Fsp3) is 0.381. The van der Waals surface area contributed by atoms with Gasteiger partial charge in [0.1, 0.15) is 22.3 Å². The molecule has 1 fully saturated rings. The molecule has 0 bridgehead atoms. The van der Waals surface area contributed by atoms with E-state index in [4.69, 9.17) is 4.74 Å². The van der Waals surface area contributed by atoms with Crippen molar-refractivity contribution in [1.29, 1.82) is 0 Å². The first-order chi connectivity index (χ1) is 13.2. The van der Waals surface area contributed by atoms with E-state index in [-0.39, 0.29) is 17.8 Å². The van der Waals surface area contributed by atoms with Gasteiger partial charge in [-0.2, -0.15) is 0 Å². The molecule has 6 heteroatoms. The van der Waals surface area contributed by atoms with Gasteiger partial charge in [-0.15, -0.1) is 11.3 Å². The van der Waals surface area contributed by atoms with E-state index in [0.717, 1.165) is 52.1 Å². The first kappa shape index (κ1) is 18.4. The van der Waals surface area contributed by atoms with Crippen molar-refractivity contribution >= 4 is 39.3 Å². The van der Waals surface area contributed by atoms with Crippen molar-refractivity contribution in [2.45, 2.75) is 50.2 Å². The highest BCUT2D eigenvalue weighted by Gasteiger charge is 2.19. The Kier molecular flexibility index (Phi) is 5.74. The minimum atomic E-state index is -0.147. The Hall–Kier alpha value is -1.92. The summed E-state index contributed by atoms with van der Waals surface area (Å²) in [6.07, 6.45) is 7.24. The zero-order chi connectivity index (χ0) is 18.6. The number of aryl methyl sites for hydroxylation is 1. The highest BCUT2D eigenvalue weighted by molar-refractivity contribution is 8.00. The van der Waals surface area contributed by atoms with Crippen LogP contribution in [0.25, 0.3) is 21.3 Å². The predicted octanol–water partition coefficient (Wildman–Crippen LogP) is 5.63. The van der Waals surface area contributed by atoms with Crippen LogP contribution in [-0.2, 0) is 9.53 Å². The maximum atomic E-state index is 12.3. The number of aromatic nitrogens is 2. The summed E-state index contributed by atoms with van der Waals surface area (Å²) < 4.78 is 5.63. The smallest absolute Gasteiger partial charge is 0.316 e. The maximum Gasteiger partial charge on any atom is 0.316 e. The van der Waals surface area contributed by atoms with Gasteiger partial charge in [-0.3, -0.25) is 4.79 Å². The van der Waals surface area contributed by atoms with Crippen LogP contribution in [0.5, 0.6) is 0 Å². The second-order valence-corrected chi connectivity index (χ2v) is 8.74. The lowest BCUT2D eigenvalue weighted by Crippen LogP contribution is -2.21. The SMILES string of the molecule is Cc1ccc(-c2csc3ncnc(SCC(=O)OC4CCCCC4)c23)cc1. The molecule has 0 spiro atoms. The summed E-state index contributed by atoms with van der Waals surface area (Å²) in [5, 5.41) is 3.99. The van der Waals surface area contributed by atoms with Gasteiger partial charge in [0.15, 0.2) is 0 Å². The number of carbonyl (C=O) groups excluding carboxylic acids is 1. The highest BCUT2D eigenvalue weighted by atomic mass is 32.2. The molecule has 0 unspecified atom stereocenters. The average molecular weight is 399 g/mol. The number of hydrogen-bond acceptors (Lipinski definition) is 6. The van der Waals surface area contributed by atoms with Crippen LogP contribution in [0.4, 0.5) is 0 Å². The number of benzene rings is 1. The van der Waals surface area contributed by atoms with Crippen LogP contribution in [0.2, 0.25) is 0 Å². The van der Waals surface area contributed by atoms with Crippen LogP contribution in [0.15, 0.2) is 41.0 Å². The Bertz CT molecular complexity index is 931. The normalized spacial score (nSPS) is 15.1. The predicted molar refractivity (Wildman–Crippen MR) is 111 cm³/mol. The molecule has 1 aliphatic rings. The summed E-state index contributed by atoms with van der Waals surface area (Å²) in [6.45, 7) is 2.08. The second kappa shape index (κ2) is 8.40. The van der Waals surface area contributed by atoms with Gasteiger partial charge < -0.3 is 4.74 Å². The summed E-state index contributed by atoms with van der Waals surface area (Å²) in [6, 6.07) is 8.46. The number of fused-ring (bicyclic) bond motifs is 1. The van der Waals surface area contributed by atoms with Crippen LogP contribution in [0.3, 0.4) is 0 Å². The second-order valence-electron chi connectivity index (χ2n) is 6.91. The van der Waals surface area contributed by atoms with Crippen LogP contribution in [-0.4, -0.2) is 27.8 Å². The van der Waals surface area contributed by atoms with E-state index in [0.29, 0.717) is 0 Å². The van der Waals surface area contributed by atoms with E-state index in [1.54, 1.807) is 17.7 Å². The molecular weight excluding hydrogens is 376 g/mol. The number of thiophene rings is 1. The summed E-state index contributed by atoms with van der Waals surface area (Å²) in [7, 11) is 0. The lowest BCUT2D eigenvalue weighted by Gasteiger charge is -2.21. The van der Waals surface area contributed by atoms with E-state index in [1.807, 2.05) is 0 Å². The molecule has 0 aliphatic heterocycles. The number of rotatable bonds is 5. The Balaban J connectivity index is 1.52. The van der Waals surface area contributed by atoms with Crippen molar-refractivity contribution in [2.24, 2.45) is 0 Å². The average Bonchev–Trinajstić information content (AvgIpc) is 3.12. The first-order valence-corrected chi connectivity index (χ1v) is 11.2. The van der Waals surface area contributed by atoms with Crippen LogP contribution < -0.4 is 0 Å². The van der Waals surface area contributed by atoms with Gasteiger partial charge in [-0.1, -0.05) is 48.0 Å². The Morgan fingerprint density at radius 2 is 1.96 bits per heavy atom. The van der Waals surface area contributed by atoms with Crippen LogP contribution in [0, 0.1) is 6.92 Å². The molecule has 0 saturated heterocycles. The Morgan fingerprint density at radius 1 is 1.19 bits per heavy atom. The van der Waals surface area contributed by atoms with E-state index < -0.39 is 0 Å². The molecule has 0 radical (unpaired) electrons. The lowest BCUT2D eigenvalue weighted by atomic mass is 9.98. The van der Waals surface area contributed by atoms with E-state index >= 15 is 0 Å². The summed E-state index contributed by atoms with van der Waals surface area (Å²) in [4.78, 5) is 22.1. The molecule has 2 aromatic heterocycles. The third kappa shape index (κ3) is 4.33. The van der Waals surface area contributed by atoms with Crippen molar-refractivity contribution in [3.63, 3.8) is 0 Å². The number of carbonyl (C=O) groups is 1. The Labute approximate surface area is 167 Å². The first-order valence-electron chi connectivity index (χ1n) is 9.32. The number of ether oxygens (including phenoxy) is 1. The zero-order valence-electron chi connectivity index (χ0n) is 15.3. The van der Waals surface area contributed by atoms with Crippen molar-refractivity contribution < 1.29 is 9.53 Å². The molecule has 0 N–H and O–H groups in total. The van der Waals surface area contributed by atoms with Gasteiger partial charge in [0.2, 0.25) is 0 Å². The minimum Gasteiger partial charge on any atom is -0.462 e. The molecular formula is C21H22N2O2S2. The molecule has 140 valence electrons.